The molecule has 1 heterocycles. The smallest absolute Gasteiger partial charge is 0.163 e. The van der Waals surface area contributed by atoms with Crippen molar-refractivity contribution < 1.29 is 9.84 Å². The minimum atomic E-state index is 0.0246. The Labute approximate surface area is 157 Å². The minimum absolute atomic E-state index is 0.0246. The highest BCUT2D eigenvalue weighted by Crippen LogP contribution is 2.33. The number of aromatic nitrogens is 2. The van der Waals surface area contributed by atoms with Crippen LogP contribution in [-0.2, 0) is 0 Å². The van der Waals surface area contributed by atoms with Crippen LogP contribution in [0.5, 0.6) is 11.5 Å². The normalized spacial score (nSPS) is 10.5. The molecule has 2 aromatic carbocycles. The fourth-order valence-corrected chi connectivity index (χ4v) is 2.57. The number of terminal acetylenes is 1. The Bertz CT molecular complexity index is 968. The molecule has 0 unspecified atom stereocenters. The van der Waals surface area contributed by atoms with Gasteiger partial charge in [-0.25, -0.2) is 9.97 Å². The summed E-state index contributed by atoms with van der Waals surface area (Å²) in [5.74, 6) is 3.56. The molecule has 0 bridgehead atoms. The zero-order valence-electron chi connectivity index (χ0n) is 14.8. The number of phenolic OH excluding ortho intramolecular Hbond substituents is 1. The Kier molecular flexibility index (Phi) is 6.05. The van der Waals surface area contributed by atoms with E-state index in [1.807, 2.05) is 24.3 Å². The van der Waals surface area contributed by atoms with Crippen molar-refractivity contribution in [3.05, 3.63) is 48.3 Å². The zero-order chi connectivity index (χ0) is 19.1. The zero-order valence-corrected chi connectivity index (χ0v) is 14.8. The number of hydrogen-bond acceptors (Lipinski definition) is 7. The average molecular weight is 363 g/mol. The maximum absolute atomic E-state index is 10.3. The Morgan fingerprint density at radius 2 is 2.07 bits per heavy atom. The van der Waals surface area contributed by atoms with Gasteiger partial charge in [-0.05, 0) is 24.3 Å². The van der Waals surface area contributed by atoms with Gasteiger partial charge in [-0.1, -0.05) is 12.0 Å². The Balaban J connectivity index is 1.81. The van der Waals surface area contributed by atoms with Crippen LogP contribution in [-0.4, -0.2) is 41.3 Å². The molecule has 138 valence electrons. The van der Waals surface area contributed by atoms with Gasteiger partial charge in [0.2, 0.25) is 0 Å². The molecule has 0 saturated heterocycles. The number of ether oxygens (including phenoxy) is 1. The van der Waals surface area contributed by atoms with Crippen molar-refractivity contribution in [2.24, 2.45) is 5.73 Å². The number of aromatic hydroxyl groups is 1. The lowest BCUT2D eigenvalue weighted by molar-refractivity contribution is 0.298. The van der Waals surface area contributed by atoms with E-state index in [4.69, 9.17) is 16.9 Å². The Hall–Kier alpha value is -3.34. The summed E-state index contributed by atoms with van der Waals surface area (Å²) in [7, 11) is 0. The maximum atomic E-state index is 10.3. The van der Waals surface area contributed by atoms with Crippen LogP contribution in [0, 0.1) is 12.3 Å². The van der Waals surface area contributed by atoms with E-state index in [9.17, 15) is 5.11 Å². The molecule has 0 fully saturated rings. The molecule has 0 amide bonds. The predicted octanol–water partition coefficient (Wildman–Crippen LogP) is 1.99. The van der Waals surface area contributed by atoms with Gasteiger partial charge >= 0.3 is 0 Å². The third-order valence-corrected chi connectivity index (χ3v) is 3.87. The maximum Gasteiger partial charge on any atom is 0.163 e. The number of fused-ring (bicyclic) bond motifs is 1. The van der Waals surface area contributed by atoms with Gasteiger partial charge in [0.1, 0.15) is 18.8 Å². The molecule has 3 rings (SSSR count). The lowest BCUT2D eigenvalue weighted by Gasteiger charge is -2.12. The molecule has 0 aliphatic heterocycles. The summed E-state index contributed by atoms with van der Waals surface area (Å²) in [6.45, 7) is 2.33. The molecule has 27 heavy (non-hydrogen) atoms. The van der Waals surface area contributed by atoms with Crippen LogP contribution in [0.2, 0.25) is 0 Å². The van der Waals surface area contributed by atoms with E-state index in [2.05, 4.69) is 26.5 Å². The monoisotopic (exact) mass is 363 g/mol. The van der Waals surface area contributed by atoms with E-state index >= 15 is 0 Å². The largest absolute Gasteiger partial charge is 0.504 e. The highest BCUT2D eigenvalue weighted by Gasteiger charge is 2.11. The van der Waals surface area contributed by atoms with Gasteiger partial charge in [0.15, 0.2) is 11.5 Å². The minimum Gasteiger partial charge on any atom is -0.504 e. The summed E-state index contributed by atoms with van der Waals surface area (Å²) in [6, 6.07) is 10.7. The van der Waals surface area contributed by atoms with E-state index in [0.29, 0.717) is 42.2 Å². The first-order valence-corrected chi connectivity index (χ1v) is 8.56. The van der Waals surface area contributed by atoms with Crippen LogP contribution in [0.1, 0.15) is 5.56 Å². The van der Waals surface area contributed by atoms with Crippen LogP contribution < -0.4 is 21.1 Å². The van der Waals surface area contributed by atoms with Crippen molar-refractivity contribution in [1.82, 2.24) is 15.3 Å². The fraction of sp³-hybridized carbons (Fsp3) is 0.200. The molecule has 0 saturated carbocycles. The van der Waals surface area contributed by atoms with Crippen molar-refractivity contribution in [2.45, 2.75) is 0 Å². The second-order valence-electron chi connectivity index (χ2n) is 5.80. The first kappa shape index (κ1) is 18.5. The van der Waals surface area contributed by atoms with Crippen LogP contribution in [0.25, 0.3) is 10.9 Å². The van der Waals surface area contributed by atoms with Gasteiger partial charge < -0.3 is 26.2 Å². The van der Waals surface area contributed by atoms with E-state index in [-0.39, 0.29) is 5.75 Å². The molecule has 0 radical (unpaired) electrons. The number of rotatable bonds is 8. The van der Waals surface area contributed by atoms with Gasteiger partial charge in [-0.15, -0.1) is 6.42 Å². The molecule has 0 aliphatic carbocycles. The van der Waals surface area contributed by atoms with Crippen LogP contribution in [0.15, 0.2) is 42.7 Å². The standard InChI is InChI=1S/C20H21N5O2/c1-2-14-4-3-5-15(10-14)25-20-16-11-18(26)19(12-17(16)23-13-24-20)27-9-8-22-7-6-21/h1,3-5,10-13,22,26H,6-9,21H2,(H,23,24,25). The third-order valence-electron chi connectivity index (χ3n) is 3.87. The van der Waals surface area contributed by atoms with Gasteiger partial charge in [0.05, 0.1) is 5.52 Å². The van der Waals surface area contributed by atoms with Gasteiger partial charge in [0, 0.05) is 42.3 Å². The number of nitrogens with two attached hydrogens (primary N) is 1. The van der Waals surface area contributed by atoms with Crippen LogP contribution in [0.4, 0.5) is 11.5 Å². The highest BCUT2D eigenvalue weighted by molar-refractivity contribution is 5.93. The molecule has 7 nitrogen and oxygen atoms in total. The first-order chi connectivity index (χ1) is 13.2. The van der Waals surface area contributed by atoms with Crippen molar-refractivity contribution in [1.29, 1.82) is 0 Å². The molecule has 3 aromatic rings. The molecule has 0 aliphatic rings. The summed E-state index contributed by atoms with van der Waals surface area (Å²) >= 11 is 0. The summed E-state index contributed by atoms with van der Waals surface area (Å²) in [6.07, 6.45) is 6.90. The van der Waals surface area contributed by atoms with E-state index in [1.165, 1.54) is 6.33 Å². The Morgan fingerprint density at radius 1 is 1.19 bits per heavy atom. The van der Waals surface area contributed by atoms with Crippen molar-refractivity contribution in [2.75, 3.05) is 31.6 Å². The average Bonchev–Trinajstić information content (AvgIpc) is 2.69. The number of benzene rings is 2. The van der Waals surface area contributed by atoms with Crippen LogP contribution >= 0.6 is 0 Å². The lowest BCUT2D eigenvalue weighted by Crippen LogP contribution is -2.26. The van der Waals surface area contributed by atoms with Crippen LogP contribution in [0.3, 0.4) is 0 Å². The van der Waals surface area contributed by atoms with Gasteiger partial charge in [0.25, 0.3) is 0 Å². The first-order valence-electron chi connectivity index (χ1n) is 8.56. The molecule has 1 aromatic heterocycles. The molecule has 0 spiro atoms. The van der Waals surface area contributed by atoms with E-state index in [0.717, 1.165) is 17.8 Å². The number of hydrogen-bond donors (Lipinski definition) is 4. The van der Waals surface area contributed by atoms with Gasteiger partial charge in [-0.3, -0.25) is 0 Å². The summed E-state index contributed by atoms with van der Waals surface area (Å²) in [4.78, 5) is 8.55. The summed E-state index contributed by atoms with van der Waals surface area (Å²) in [5, 5.41) is 17.3. The Morgan fingerprint density at radius 3 is 2.89 bits per heavy atom. The van der Waals surface area contributed by atoms with Crippen molar-refractivity contribution in [3.8, 4) is 23.8 Å². The molecular weight excluding hydrogens is 342 g/mol. The third kappa shape index (κ3) is 4.64. The number of phenols is 1. The summed E-state index contributed by atoms with van der Waals surface area (Å²) < 4.78 is 5.62. The molecule has 5 N–H and O–H groups in total. The number of nitrogens with one attached hydrogen (secondary N) is 2. The van der Waals surface area contributed by atoms with E-state index in [1.54, 1.807) is 12.1 Å². The lowest BCUT2D eigenvalue weighted by atomic mass is 10.2. The molecule has 7 heteroatoms. The number of anilines is 2. The summed E-state index contributed by atoms with van der Waals surface area (Å²) in [5.41, 5.74) is 7.64. The molecular formula is C20H21N5O2. The fourth-order valence-electron chi connectivity index (χ4n) is 2.57. The predicted molar refractivity (Wildman–Crippen MR) is 106 cm³/mol. The van der Waals surface area contributed by atoms with E-state index < -0.39 is 0 Å². The quantitative estimate of drug-likeness (QED) is 0.358. The second kappa shape index (κ2) is 8.85. The van der Waals surface area contributed by atoms with Crippen molar-refractivity contribution in [3.63, 3.8) is 0 Å². The van der Waals surface area contributed by atoms with Crippen molar-refractivity contribution >= 4 is 22.4 Å². The highest BCUT2D eigenvalue weighted by atomic mass is 16.5. The molecule has 0 atom stereocenters. The topological polar surface area (TPSA) is 105 Å². The SMILES string of the molecule is C#Cc1cccc(Nc2ncnc3cc(OCCNCCN)c(O)cc23)c1. The van der Waals surface area contributed by atoms with Gasteiger partial charge in [-0.2, -0.15) is 0 Å². The second-order valence-corrected chi connectivity index (χ2v) is 5.80. The number of nitrogens with zero attached hydrogens (tertiary/aromatic N) is 2.